The average molecular weight is 558 g/mol. The maximum atomic E-state index is 11.5. The van der Waals surface area contributed by atoms with Crippen LogP contribution in [-0.4, -0.2) is 11.1 Å². The van der Waals surface area contributed by atoms with E-state index < -0.39 is 5.97 Å². The first-order valence-corrected chi connectivity index (χ1v) is 14.4. The smallest absolute Gasteiger partial charge is 0.335 e. The summed E-state index contributed by atoms with van der Waals surface area (Å²) in [5, 5.41) is 18.6. The molecule has 4 heteroatoms. The molecule has 0 aliphatic rings. The number of allylic oxidation sites excluding steroid dienone is 1. The second-order valence-electron chi connectivity index (χ2n) is 11.9. The van der Waals surface area contributed by atoms with E-state index in [1.807, 2.05) is 61.5 Å². The van der Waals surface area contributed by atoms with Crippen molar-refractivity contribution in [2.75, 3.05) is 0 Å². The number of aryl methyl sites for hydroxylation is 2. The Kier molecular flexibility index (Phi) is 9.99. The molecular weight excluding hydrogens is 518 g/mol. The Morgan fingerprint density at radius 1 is 0.929 bits per heavy atom. The Balaban J connectivity index is 1.51. The van der Waals surface area contributed by atoms with E-state index in [1.165, 1.54) is 11.1 Å². The Hall–Kier alpha value is -4.62. The predicted molar refractivity (Wildman–Crippen MR) is 170 cm³/mol. The summed E-state index contributed by atoms with van der Waals surface area (Å²) in [5.41, 5.74) is 7.62. The van der Waals surface area contributed by atoms with Crippen LogP contribution in [0.3, 0.4) is 0 Å². The van der Waals surface area contributed by atoms with Crippen molar-refractivity contribution < 1.29 is 14.6 Å². The molecule has 4 aromatic rings. The number of nitriles is 1. The summed E-state index contributed by atoms with van der Waals surface area (Å²) < 4.78 is 6.27. The van der Waals surface area contributed by atoms with Gasteiger partial charge in [0.05, 0.1) is 17.2 Å². The topological polar surface area (TPSA) is 70.3 Å². The zero-order chi connectivity index (χ0) is 30.1. The van der Waals surface area contributed by atoms with Gasteiger partial charge in [0.25, 0.3) is 0 Å². The summed E-state index contributed by atoms with van der Waals surface area (Å²) in [4.78, 5) is 11.5. The molecule has 0 bridgehead atoms. The lowest BCUT2D eigenvalue weighted by Crippen LogP contribution is -2.10. The number of carboxylic acids is 1. The fourth-order valence-electron chi connectivity index (χ4n) is 5.01. The molecule has 0 amide bonds. The molecule has 0 aliphatic carbocycles. The van der Waals surface area contributed by atoms with Gasteiger partial charge in [-0.2, -0.15) is 5.26 Å². The molecule has 0 aromatic heterocycles. The zero-order valence-electron chi connectivity index (χ0n) is 24.9. The minimum Gasteiger partial charge on any atom is -0.488 e. The van der Waals surface area contributed by atoms with Crippen molar-refractivity contribution in [3.63, 3.8) is 0 Å². The summed E-state index contributed by atoms with van der Waals surface area (Å²) in [6.45, 7) is 8.98. The molecule has 4 rings (SSSR count). The maximum Gasteiger partial charge on any atom is 0.335 e. The van der Waals surface area contributed by atoms with Gasteiger partial charge in [-0.05, 0) is 89.6 Å². The van der Waals surface area contributed by atoms with E-state index in [-0.39, 0.29) is 11.3 Å². The lowest BCUT2D eigenvalue weighted by atomic mass is 9.87. The number of hydrogen-bond acceptors (Lipinski definition) is 3. The number of ether oxygens (including phenoxy) is 1. The first-order chi connectivity index (χ1) is 20.1. The number of para-hydroxylation sites is 1. The number of benzene rings is 4. The molecule has 1 atom stereocenters. The van der Waals surface area contributed by atoms with Crippen molar-refractivity contribution in [2.45, 2.75) is 59.0 Å². The molecule has 4 aromatic carbocycles. The average Bonchev–Trinajstić information content (AvgIpc) is 2.97. The molecule has 214 valence electrons. The van der Waals surface area contributed by atoms with Crippen LogP contribution in [0.25, 0.3) is 6.08 Å². The number of carboxylic acid groups (broad SMARTS) is 1. The second kappa shape index (κ2) is 13.8. The third-order valence-electron chi connectivity index (χ3n) is 7.59. The minimum absolute atomic E-state index is 0.115. The predicted octanol–water partition coefficient (Wildman–Crippen LogP) is 8.95. The molecule has 0 saturated heterocycles. The van der Waals surface area contributed by atoms with Crippen molar-refractivity contribution in [1.29, 1.82) is 5.26 Å². The number of rotatable bonds is 11. The normalized spacial score (nSPS) is 12.2. The molecule has 42 heavy (non-hydrogen) atoms. The third-order valence-corrected chi connectivity index (χ3v) is 7.59. The van der Waals surface area contributed by atoms with Gasteiger partial charge < -0.3 is 9.84 Å². The minimum atomic E-state index is -0.905. The van der Waals surface area contributed by atoms with E-state index in [4.69, 9.17) is 10.00 Å². The van der Waals surface area contributed by atoms with E-state index in [0.717, 1.165) is 47.3 Å². The van der Waals surface area contributed by atoms with Gasteiger partial charge in [0.15, 0.2) is 0 Å². The Morgan fingerprint density at radius 3 is 2.24 bits per heavy atom. The van der Waals surface area contributed by atoms with Crippen molar-refractivity contribution in [2.24, 2.45) is 5.92 Å². The molecule has 0 radical (unpaired) electrons. The van der Waals surface area contributed by atoms with E-state index in [1.54, 1.807) is 6.07 Å². The highest BCUT2D eigenvalue weighted by atomic mass is 16.5. The van der Waals surface area contributed by atoms with Crippen LogP contribution in [-0.2, 0) is 24.9 Å². The standard InChI is InChI=1S/C38H39NO3/c1-27-23-32(18-22-35(27)37(40)41)24-29(12-9-28-10-13-30(25-39)14-11-28)15-19-33-7-5-6-8-36(33)42-26-31-16-20-34(21-17-31)38(2,3)4/h5-8,10-11,13-23,29H,9,12,24,26H2,1-4H3,(H,40,41)/b19-15+. The van der Waals surface area contributed by atoms with Crippen LogP contribution in [0, 0.1) is 24.2 Å². The molecule has 1 N–H and O–H groups in total. The van der Waals surface area contributed by atoms with E-state index in [9.17, 15) is 9.90 Å². The number of aromatic carboxylic acids is 1. The molecule has 0 saturated carbocycles. The molecular formula is C38H39NO3. The van der Waals surface area contributed by atoms with Gasteiger partial charge in [0.2, 0.25) is 0 Å². The van der Waals surface area contributed by atoms with Crippen molar-refractivity contribution >= 4 is 12.0 Å². The Labute approximate surface area is 249 Å². The molecule has 0 fully saturated rings. The third kappa shape index (κ3) is 8.44. The first kappa shape index (κ1) is 30.3. The van der Waals surface area contributed by atoms with E-state index in [2.05, 4.69) is 69.3 Å². The summed E-state index contributed by atoms with van der Waals surface area (Å²) in [7, 11) is 0. The van der Waals surface area contributed by atoms with Crippen LogP contribution < -0.4 is 4.74 Å². The first-order valence-electron chi connectivity index (χ1n) is 14.4. The maximum absolute atomic E-state index is 11.5. The number of carbonyl (C=O) groups is 1. The van der Waals surface area contributed by atoms with Crippen LogP contribution in [0.4, 0.5) is 0 Å². The van der Waals surface area contributed by atoms with Crippen molar-refractivity contribution in [3.05, 3.63) is 142 Å². The molecule has 0 heterocycles. The zero-order valence-corrected chi connectivity index (χ0v) is 24.9. The monoisotopic (exact) mass is 557 g/mol. The lowest BCUT2D eigenvalue weighted by Gasteiger charge is -2.19. The van der Waals surface area contributed by atoms with Crippen LogP contribution in [0.1, 0.15) is 76.5 Å². The van der Waals surface area contributed by atoms with Gasteiger partial charge in [-0.1, -0.05) is 99.7 Å². The van der Waals surface area contributed by atoms with Gasteiger partial charge in [0.1, 0.15) is 12.4 Å². The summed E-state index contributed by atoms with van der Waals surface area (Å²) >= 11 is 0. The van der Waals surface area contributed by atoms with Crippen molar-refractivity contribution in [1.82, 2.24) is 0 Å². The highest BCUT2D eigenvalue weighted by Gasteiger charge is 2.14. The number of nitrogens with zero attached hydrogens (tertiary/aromatic N) is 1. The van der Waals surface area contributed by atoms with Crippen molar-refractivity contribution in [3.8, 4) is 11.8 Å². The fraction of sp³-hybridized carbons (Fsp3) is 0.263. The molecule has 0 aliphatic heterocycles. The Bertz CT molecular complexity index is 1570. The summed E-state index contributed by atoms with van der Waals surface area (Å²) in [6, 6.07) is 32.2. The molecule has 4 nitrogen and oxygen atoms in total. The van der Waals surface area contributed by atoms with Crippen LogP contribution in [0.5, 0.6) is 5.75 Å². The summed E-state index contributed by atoms with van der Waals surface area (Å²) in [6.07, 6.45) is 6.95. The van der Waals surface area contributed by atoms with Crippen LogP contribution in [0.2, 0.25) is 0 Å². The van der Waals surface area contributed by atoms with E-state index in [0.29, 0.717) is 17.7 Å². The number of hydrogen-bond donors (Lipinski definition) is 1. The fourth-order valence-corrected chi connectivity index (χ4v) is 5.01. The van der Waals surface area contributed by atoms with Gasteiger partial charge >= 0.3 is 5.97 Å². The van der Waals surface area contributed by atoms with Crippen LogP contribution in [0.15, 0.2) is 97.1 Å². The van der Waals surface area contributed by atoms with Crippen LogP contribution >= 0.6 is 0 Å². The quantitative estimate of drug-likeness (QED) is 0.200. The van der Waals surface area contributed by atoms with E-state index >= 15 is 0 Å². The largest absolute Gasteiger partial charge is 0.488 e. The van der Waals surface area contributed by atoms with Gasteiger partial charge in [0, 0.05) is 5.56 Å². The van der Waals surface area contributed by atoms with Gasteiger partial charge in [-0.3, -0.25) is 0 Å². The lowest BCUT2D eigenvalue weighted by molar-refractivity contribution is 0.0696. The van der Waals surface area contributed by atoms with Gasteiger partial charge in [-0.25, -0.2) is 4.79 Å². The van der Waals surface area contributed by atoms with Gasteiger partial charge in [-0.15, -0.1) is 0 Å². The Morgan fingerprint density at radius 2 is 1.60 bits per heavy atom. The highest BCUT2D eigenvalue weighted by Crippen LogP contribution is 2.26. The highest BCUT2D eigenvalue weighted by molar-refractivity contribution is 5.89. The molecule has 0 spiro atoms. The SMILES string of the molecule is Cc1cc(CC(/C=C/c2ccccc2OCc2ccc(C(C)(C)C)cc2)CCc2ccc(C#N)cc2)ccc1C(=O)O. The molecule has 1 unspecified atom stereocenters. The summed E-state index contributed by atoms with van der Waals surface area (Å²) in [5.74, 6) is 0.146. The second-order valence-corrected chi connectivity index (χ2v) is 11.9.